The second kappa shape index (κ2) is 12.3. The Labute approximate surface area is 229 Å². The molecule has 206 valence electrons. The minimum Gasteiger partial charge on any atom is -0.491 e. The Morgan fingerprint density at radius 1 is 1.13 bits per heavy atom. The Morgan fingerprint density at radius 2 is 2.03 bits per heavy atom. The molecule has 3 heterocycles. The smallest absolute Gasteiger partial charge is 0.305 e. The maximum atomic E-state index is 11.6. The highest BCUT2D eigenvalue weighted by molar-refractivity contribution is 5.89. The molecule has 1 fully saturated rings. The van der Waals surface area contributed by atoms with Crippen LogP contribution in [0.4, 0.5) is 5.82 Å². The topological polar surface area (TPSA) is 91.6 Å². The molecule has 5 rings (SSSR count). The van der Waals surface area contributed by atoms with Gasteiger partial charge in [-0.15, -0.1) is 0 Å². The van der Waals surface area contributed by atoms with Gasteiger partial charge < -0.3 is 23.7 Å². The van der Waals surface area contributed by atoms with E-state index in [1.165, 1.54) is 0 Å². The summed E-state index contributed by atoms with van der Waals surface area (Å²) in [7, 11) is 0. The lowest BCUT2D eigenvalue weighted by molar-refractivity contribution is -0.143. The van der Waals surface area contributed by atoms with Crippen LogP contribution in [0.25, 0.3) is 21.9 Å². The quantitative estimate of drug-likeness (QED) is 0.174. The maximum absolute atomic E-state index is 11.6. The molecule has 0 bridgehead atoms. The van der Waals surface area contributed by atoms with Crippen LogP contribution in [-0.4, -0.2) is 57.4 Å². The first-order valence-corrected chi connectivity index (χ1v) is 13.9. The van der Waals surface area contributed by atoms with E-state index in [2.05, 4.69) is 38.1 Å². The van der Waals surface area contributed by atoms with Crippen molar-refractivity contribution in [1.29, 1.82) is 0 Å². The molecular formula is C30H37N5O4. The number of benzene rings is 2. The van der Waals surface area contributed by atoms with E-state index < -0.39 is 0 Å². The van der Waals surface area contributed by atoms with Crippen molar-refractivity contribution in [2.24, 2.45) is 0 Å². The second-order valence-corrected chi connectivity index (χ2v) is 10.2. The van der Waals surface area contributed by atoms with Crippen LogP contribution in [0.5, 0.6) is 11.5 Å². The summed E-state index contributed by atoms with van der Waals surface area (Å²) in [6.07, 6.45) is 7.68. The van der Waals surface area contributed by atoms with Crippen molar-refractivity contribution in [1.82, 2.24) is 19.5 Å². The van der Waals surface area contributed by atoms with E-state index in [9.17, 15) is 4.79 Å². The maximum Gasteiger partial charge on any atom is 0.305 e. The van der Waals surface area contributed by atoms with Gasteiger partial charge in [-0.2, -0.15) is 0 Å². The molecule has 1 aliphatic rings. The molecule has 0 saturated carbocycles. The summed E-state index contributed by atoms with van der Waals surface area (Å²) >= 11 is 0. The van der Waals surface area contributed by atoms with E-state index in [-0.39, 0.29) is 18.1 Å². The highest BCUT2D eigenvalue weighted by Gasteiger charge is 2.29. The molecule has 0 radical (unpaired) electrons. The molecule has 0 N–H and O–H groups in total. The van der Waals surface area contributed by atoms with Crippen LogP contribution in [-0.2, 0) is 16.1 Å². The number of rotatable bonds is 12. The SMILES string of the molecule is CCOC(=O)CCCCn1cnc2c(N3CCC[C@@H]3COc3cccc4ccc(OC(C)C)cc34)ncnc21. The summed E-state index contributed by atoms with van der Waals surface area (Å²) in [6.45, 7) is 8.49. The Morgan fingerprint density at radius 3 is 2.87 bits per heavy atom. The molecule has 9 nitrogen and oxygen atoms in total. The number of carbonyl (C=O) groups excluding carboxylic acids is 1. The van der Waals surface area contributed by atoms with E-state index in [0.717, 1.165) is 78.0 Å². The summed E-state index contributed by atoms with van der Waals surface area (Å²) in [6, 6.07) is 12.5. The Balaban J connectivity index is 1.28. The average molecular weight is 532 g/mol. The number of hydrogen-bond acceptors (Lipinski definition) is 8. The van der Waals surface area contributed by atoms with Crippen LogP contribution >= 0.6 is 0 Å². The minimum atomic E-state index is -0.146. The van der Waals surface area contributed by atoms with Crippen LogP contribution in [0.3, 0.4) is 0 Å². The van der Waals surface area contributed by atoms with E-state index in [4.69, 9.17) is 14.2 Å². The fourth-order valence-electron chi connectivity index (χ4n) is 5.19. The summed E-state index contributed by atoms with van der Waals surface area (Å²) < 4.78 is 19.4. The lowest BCUT2D eigenvalue weighted by Crippen LogP contribution is -2.35. The average Bonchev–Trinajstić information content (AvgIpc) is 3.57. The Hall–Kier alpha value is -3.88. The van der Waals surface area contributed by atoms with Gasteiger partial charge in [0.1, 0.15) is 24.4 Å². The van der Waals surface area contributed by atoms with Gasteiger partial charge in [0.2, 0.25) is 0 Å². The van der Waals surface area contributed by atoms with E-state index >= 15 is 0 Å². The first-order chi connectivity index (χ1) is 19.0. The van der Waals surface area contributed by atoms with Crippen molar-refractivity contribution in [3.8, 4) is 11.5 Å². The number of hydrogen-bond donors (Lipinski definition) is 0. The van der Waals surface area contributed by atoms with Crippen LogP contribution in [0.15, 0.2) is 49.1 Å². The number of anilines is 1. The first kappa shape index (κ1) is 26.7. The Bertz CT molecular complexity index is 1420. The molecule has 2 aromatic carbocycles. The van der Waals surface area contributed by atoms with Gasteiger partial charge in [-0.05, 0) is 70.0 Å². The zero-order chi connectivity index (χ0) is 27.2. The second-order valence-electron chi connectivity index (χ2n) is 10.2. The zero-order valence-corrected chi connectivity index (χ0v) is 23.0. The molecular weight excluding hydrogens is 494 g/mol. The highest BCUT2D eigenvalue weighted by atomic mass is 16.5. The molecule has 2 aromatic heterocycles. The molecule has 4 aromatic rings. The number of unbranched alkanes of at least 4 members (excludes halogenated alkanes) is 1. The van der Waals surface area contributed by atoms with Crippen molar-refractivity contribution < 1.29 is 19.0 Å². The number of ether oxygens (including phenoxy) is 3. The van der Waals surface area contributed by atoms with Crippen molar-refractivity contribution in [2.45, 2.75) is 71.6 Å². The van der Waals surface area contributed by atoms with Crippen LogP contribution in [0, 0.1) is 0 Å². The number of fused-ring (bicyclic) bond motifs is 2. The molecule has 1 aliphatic heterocycles. The largest absolute Gasteiger partial charge is 0.491 e. The van der Waals surface area contributed by atoms with Gasteiger partial charge in [-0.3, -0.25) is 4.79 Å². The fourth-order valence-corrected chi connectivity index (χ4v) is 5.19. The normalized spacial score (nSPS) is 15.4. The van der Waals surface area contributed by atoms with Gasteiger partial charge in [-0.1, -0.05) is 18.2 Å². The van der Waals surface area contributed by atoms with Gasteiger partial charge in [0.15, 0.2) is 17.0 Å². The zero-order valence-electron chi connectivity index (χ0n) is 23.0. The summed E-state index contributed by atoms with van der Waals surface area (Å²) in [5.74, 6) is 2.40. The number of aryl methyl sites for hydroxylation is 1. The van der Waals surface area contributed by atoms with Gasteiger partial charge in [0.25, 0.3) is 0 Å². The number of esters is 1. The van der Waals surface area contributed by atoms with Crippen molar-refractivity contribution in [2.75, 3.05) is 24.7 Å². The van der Waals surface area contributed by atoms with Crippen molar-refractivity contribution >= 4 is 33.7 Å². The number of aromatic nitrogens is 4. The van der Waals surface area contributed by atoms with Crippen LogP contribution < -0.4 is 14.4 Å². The lowest BCUT2D eigenvalue weighted by Gasteiger charge is -2.26. The fraction of sp³-hybridized carbons (Fsp3) is 0.467. The molecule has 39 heavy (non-hydrogen) atoms. The summed E-state index contributed by atoms with van der Waals surface area (Å²) in [4.78, 5) is 27.8. The van der Waals surface area contributed by atoms with Crippen molar-refractivity contribution in [3.05, 3.63) is 49.1 Å². The predicted molar refractivity (Wildman–Crippen MR) is 151 cm³/mol. The molecule has 0 spiro atoms. The molecule has 1 saturated heterocycles. The lowest BCUT2D eigenvalue weighted by atomic mass is 10.1. The minimum absolute atomic E-state index is 0.111. The third kappa shape index (κ3) is 6.24. The highest BCUT2D eigenvalue weighted by Crippen LogP contribution is 2.32. The van der Waals surface area contributed by atoms with Crippen LogP contribution in [0.2, 0.25) is 0 Å². The van der Waals surface area contributed by atoms with Gasteiger partial charge >= 0.3 is 5.97 Å². The molecule has 1 atom stereocenters. The van der Waals surface area contributed by atoms with Gasteiger partial charge in [0.05, 0.1) is 25.1 Å². The third-order valence-electron chi connectivity index (χ3n) is 6.98. The van der Waals surface area contributed by atoms with Gasteiger partial charge in [0, 0.05) is 24.9 Å². The number of nitrogens with zero attached hydrogens (tertiary/aromatic N) is 5. The number of carbonyl (C=O) groups is 1. The first-order valence-electron chi connectivity index (χ1n) is 13.9. The Kier molecular flexibility index (Phi) is 8.44. The molecule has 0 unspecified atom stereocenters. The van der Waals surface area contributed by atoms with Crippen molar-refractivity contribution in [3.63, 3.8) is 0 Å². The predicted octanol–water partition coefficient (Wildman–Crippen LogP) is 5.55. The summed E-state index contributed by atoms with van der Waals surface area (Å²) in [5, 5.41) is 2.17. The molecule has 9 heteroatoms. The van der Waals surface area contributed by atoms with Gasteiger partial charge in [-0.25, -0.2) is 15.0 Å². The molecule has 0 amide bonds. The monoisotopic (exact) mass is 531 g/mol. The molecule has 0 aliphatic carbocycles. The van der Waals surface area contributed by atoms with Crippen LogP contribution in [0.1, 0.15) is 52.9 Å². The standard InChI is InChI=1S/C30H37N5O4/c1-4-37-27(36)12-5-6-15-34-20-33-28-29(34)31-19-32-30(28)35-16-8-10-23(35)18-38-26-11-7-9-22-13-14-24(17-25(22)26)39-21(2)3/h7,9,11,13-14,17,19-21,23H,4-6,8,10,12,15-16,18H2,1-3H3/t23-/m1/s1. The summed E-state index contributed by atoms with van der Waals surface area (Å²) in [5.41, 5.74) is 1.62. The number of imidazole rings is 1. The van der Waals surface area contributed by atoms with E-state index in [0.29, 0.717) is 19.6 Å². The van der Waals surface area contributed by atoms with E-state index in [1.54, 1.807) is 6.33 Å². The van der Waals surface area contributed by atoms with E-state index in [1.807, 2.05) is 49.9 Å². The third-order valence-corrected chi connectivity index (χ3v) is 6.98.